The number of fused-ring (bicyclic) bond motifs is 4. The summed E-state index contributed by atoms with van der Waals surface area (Å²) in [5.74, 6) is 0. The van der Waals surface area contributed by atoms with Crippen LogP contribution in [-0.2, 0) is 0 Å². The van der Waals surface area contributed by atoms with E-state index in [1.807, 2.05) is 0 Å². The van der Waals surface area contributed by atoms with Gasteiger partial charge in [0.05, 0.1) is 22.4 Å². The van der Waals surface area contributed by atoms with Crippen LogP contribution >= 0.6 is 0 Å². The molecule has 0 fully saturated rings. The Morgan fingerprint density at radius 3 is 1.58 bits per heavy atom. The summed E-state index contributed by atoms with van der Waals surface area (Å²) in [6.45, 7) is 0. The van der Waals surface area contributed by atoms with Gasteiger partial charge in [-0.3, -0.25) is 0 Å². The molecule has 0 radical (unpaired) electrons. The Morgan fingerprint density at radius 1 is 0.283 bits per heavy atom. The van der Waals surface area contributed by atoms with Crippen molar-refractivity contribution in [1.29, 1.82) is 0 Å². The van der Waals surface area contributed by atoms with Gasteiger partial charge in [0, 0.05) is 33.3 Å². The van der Waals surface area contributed by atoms with E-state index in [4.69, 9.17) is 0 Å². The van der Waals surface area contributed by atoms with E-state index in [0.29, 0.717) is 0 Å². The van der Waals surface area contributed by atoms with E-state index in [2.05, 4.69) is 252 Å². The molecule has 1 heterocycles. The van der Waals surface area contributed by atoms with Crippen molar-refractivity contribution in [3.8, 4) is 50.2 Å². The van der Waals surface area contributed by atoms with E-state index >= 15 is 0 Å². The Labute approximate surface area is 350 Å². The quantitative estimate of drug-likeness (QED) is 0.150. The monoisotopic (exact) mass is 764 g/mol. The average Bonchev–Trinajstić information content (AvgIpc) is 3.66. The molecule has 282 valence electrons. The molecule has 1 aromatic heterocycles. The number of para-hydroxylation sites is 2. The lowest BCUT2D eigenvalue weighted by atomic mass is 9.93. The van der Waals surface area contributed by atoms with Gasteiger partial charge in [0.15, 0.2) is 0 Å². The Bertz CT molecular complexity index is 3290. The standard InChI is InChI=1S/C58H40N2/c1-4-17-41(18-5-1)43-31-34-47(35-32-43)59(55-29-14-12-26-50(55)45-21-8-3-9-22-45)48-36-37-53-52-27-13-15-30-56(52)60(58(53)40-48)57-38-33-46(42-19-6-2-7-20-42)39-54(57)51-28-16-24-44-23-10-11-25-49(44)51/h1-40H. The Morgan fingerprint density at radius 2 is 0.817 bits per heavy atom. The molecule has 0 bridgehead atoms. The summed E-state index contributed by atoms with van der Waals surface area (Å²) >= 11 is 0. The first kappa shape index (κ1) is 35.2. The Hall–Kier alpha value is -7.94. The van der Waals surface area contributed by atoms with E-state index < -0.39 is 0 Å². The summed E-state index contributed by atoms with van der Waals surface area (Å²) in [4.78, 5) is 2.42. The third-order valence-electron chi connectivity index (χ3n) is 11.8. The van der Waals surface area contributed by atoms with Gasteiger partial charge >= 0.3 is 0 Å². The molecular weight excluding hydrogens is 725 g/mol. The zero-order chi connectivity index (χ0) is 39.8. The SMILES string of the molecule is c1ccc(-c2ccc(N(c3ccc4c5ccccc5n(-c5ccc(-c6ccccc6)cc5-c5cccc6ccccc56)c4c3)c3ccccc3-c3ccccc3)cc2)cc1. The van der Waals surface area contributed by atoms with Gasteiger partial charge in [-0.25, -0.2) is 0 Å². The van der Waals surface area contributed by atoms with Gasteiger partial charge in [-0.05, 0) is 92.7 Å². The van der Waals surface area contributed by atoms with Crippen LogP contribution in [-0.4, -0.2) is 4.57 Å². The predicted molar refractivity (Wildman–Crippen MR) is 255 cm³/mol. The van der Waals surface area contributed by atoms with Crippen LogP contribution in [0.3, 0.4) is 0 Å². The number of benzene rings is 10. The summed E-state index contributed by atoms with van der Waals surface area (Å²) in [7, 11) is 0. The van der Waals surface area contributed by atoms with E-state index in [1.54, 1.807) is 0 Å². The van der Waals surface area contributed by atoms with Gasteiger partial charge in [0.25, 0.3) is 0 Å². The van der Waals surface area contributed by atoms with Crippen LogP contribution in [0.5, 0.6) is 0 Å². The highest BCUT2D eigenvalue weighted by molar-refractivity contribution is 6.12. The predicted octanol–water partition coefficient (Wildman–Crippen LogP) is 16.1. The molecule has 0 aliphatic rings. The van der Waals surface area contributed by atoms with Gasteiger partial charge < -0.3 is 9.47 Å². The Kier molecular flexibility index (Phi) is 8.87. The van der Waals surface area contributed by atoms with Crippen molar-refractivity contribution in [1.82, 2.24) is 4.57 Å². The molecule has 0 amide bonds. The summed E-state index contributed by atoms with van der Waals surface area (Å²) in [5, 5.41) is 4.89. The third-order valence-corrected chi connectivity index (χ3v) is 11.8. The summed E-state index contributed by atoms with van der Waals surface area (Å²) < 4.78 is 2.49. The van der Waals surface area contributed by atoms with E-state index in [9.17, 15) is 0 Å². The molecule has 2 heteroatoms. The molecule has 0 aliphatic heterocycles. The van der Waals surface area contributed by atoms with Gasteiger partial charge in [0.1, 0.15) is 0 Å². The molecule has 0 N–H and O–H groups in total. The molecule has 10 aromatic carbocycles. The largest absolute Gasteiger partial charge is 0.310 e. The van der Waals surface area contributed by atoms with Crippen molar-refractivity contribution < 1.29 is 0 Å². The maximum absolute atomic E-state index is 2.49. The van der Waals surface area contributed by atoms with Crippen LogP contribution in [0.15, 0.2) is 243 Å². The average molecular weight is 765 g/mol. The maximum atomic E-state index is 2.49. The van der Waals surface area contributed by atoms with Crippen molar-refractivity contribution in [3.05, 3.63) is 243 Å². The lowest BCUT2D eigenvalue weighted by Crippen LogP contribution is -2.11. The zero-order valence-electron chi connectivity index (χ0n) is 33.0. The van der Waals surface area contributed by atoms with Crippen molar-refractivity contribution in [2.24, 2.45) is 0 Å². The van der Waals surface area contributed by atoms with Gasteiger partial charge in [0.2, 0.25) is 0 Å². The van der Waals surface area contributed by atoms with Gasteiger partial charge in [-0.2, -0.15) is 0 Å². The molecule has 0 unspecified atom stereocenters. The molecule has 60 heavy (non-hydrogen) atoms. The highest BCUT2D eigenvalue weighted by Crippen LogP contribution is 2.45. The second kappa shape index (κ2) is 15.1. The van der Waals surface area contributed by atoms with Crippen molar-refractivity contribution in [2.75, 3.05) is 4.90 Å². The fourth-order valence-corrected chi connectivity index (χ4v) is 8.97. The number of rotatable bonds is 8. The smallest absolute Gasteiger partial charge is 0.0562 e. The van der Waals surface area contributed by atoms with Gasteiger partial charge in [-0.1, -0.05) is 194 Å². The summed E-state index contributed by atoms with van der Waals surface area (Å²) in [6.07, 6.45) is 0. The van der Waals surface area contributed by atoms with Crippen LogP contribution < -0.4 is 4.90 Å². The normalized spacial score (nSPS) is 11.3. The third kappa shape index (κ3) is 6.23. The highest BCUT2D eigenvalue weighted by Gasteiger charge is 2.22. The molecule has 11 rings (SSSR count). The van der Waals surface area contributed by atoms with E-state index in [1.165, 1.54) is 71.6 Å². The fraction of sp³-hybridized carbons (Fsp3) is 0. The van der Waals surface area contributed by atoms with E-state index in [-0.39, 0.29) is 0 Å². The minimum Gasteiger partial charge on any atom is -0.310 e. The lowest BCUT2D eigenvalue weighted by Gasteiger charge is -2.28. The van der Waals surface area contributed by atoms with Crippen molar-refractivity contribution in [2.45, 2.75) is 0 Å². The molecule has 0 aliphatic carbocycles. The minimum absolute atomic E-state index is 1.08. The molecular formula is C58H40N2. The van der Waals surface area contributed by atoms with Crippen LogP contribution in [0.1, 0.15) is 0 Å². The van der Waals surface area contributed by atoms with Crippen LogP contribution in [0.4, 0.5) is 17.1 Å². The minimum atomic E-state index is 1.08. The maximum Gasteiger partial charge on any atom is 0.0562 e. The number of nitrogens with zero attached hydrogens (tertiary/aromatic N) is 2. The zero-order valence-corrected chi connectivity index (χ0v) is 33.0. The molecule has 2 nitrogen and oxygen atoms in total. The first-order valence-corrected chi connectivity index (χ1v) is 20.6. The van der Waals surface area contributed by atoms with Crippen LogP contribution in [0, 0.1) is 0 Å². The molecule has 0 saturated heterocycles. The number of hydrogen-bond acceptors (Lipinski definition) is 1. The van der Waals surface area contributed by atoms with Crippen LogP contribution in [0.25, 0.3) is 82.8 Å². The molecule has 11 aromatic rings. The topological polar surface area (TPSA) is 8.17 Å². The second-order valence-electron chi connectivity index (χ2n) is 15.3. The van der Waals surface area contributed by atoms with Crippen molar-refractivity contribution in [3.63, 3.8) is 0 Å². The van der Waals surface area contributed by atoms with Crippen molar-refractivity contribution >= 4 is 49.6 Å². The highest BCUT2D eigenvalue weighted by atomic mass is 15.1. The number of anilines is 3. The second-order valence-corrected chi connectivity index (χ2v) is 15.3. The first-order chi connectivity index (χ1) is 29.8. The number of aromatic nitrogens is 1. The molecule has 0 spiro atoms. The Balaban J connectivity index is 1.17. The fourth-order valence-electron chi connectivity index (χ4n) is 8.97. The first-order valence-electron chi connectivity index (χ1n) is 20.6. The van der Waals surface area contributed by atoms with Crippen LogP contribution in [0.2, 0.25) is 0 Å². The summed E-state index contributed by atoms with van der Waals surface area (Å²) in [5.41, 5.74) is 16.2. The lowest BCUT2D eigenvalue weighted by molar-refractivity contribution is 1.18. The summed E-state index contributed by atoms with van der Waals surface area (Å²) in [6, 6.07) is 88.0. The number of hydrogen-bond donors (Lipinski definition) is 0. The molecule has 0 atom stereocenters. The van der Waals surface area contributed by atoms with E-state index in [0.717, 1.165) is 28.3 Å². The van der Waals surface area contributed by atoms with Gasteiger partial charge in [-0.15, -0.1) is 0 Å². The molecule has 0 saturated carbocycles.